The fourth-order valence-corrected chi connectivity index (χ4v) is 2.11. The average molecular weight is 393 g/mol. The molecule has 0 bridgehead atoms. The van der Waals surface area contributed by atoms with Crippen LogP contribution in [0.5, 0.6) is 0 Å². The van der Waals surface area contributed by atoms with Crippen LogP contribution in [-0.4, -0.2) is 53.2 Å². The lowest BCUT2D eigenvalue weighted by molar-refractivity contribution is -0.0581. The Morgan fingerprint density at radius 3 is 1.92 bits per heavy atom. The van der Waals surface area contributed by atoms with Gasteiger partial charge < -0.3 is 20.1 Å². The van der Waals surface area contributed by atoms with E-state index in [9.17, 15) is 35.8 Å². The molecule has 1 aromatic carbocycles. The third kappa shape index (κ3) is 4.62. The summed E-state index contributed by atoms with van der Waals surface area (Å²) in [4.78, 5) is 3.46. The number of hydrogen-bond donors (Lipinski definition) is 3. The summed E-state index contributed by atoms with van der Waals surface area (Å²) in [6.07, 6.45) is -8.21. The Bertz CT molecular complexity index is 642. The highest BCUT2D eigenvalue weighted by Gasteiger charge is 2.34. The van der Waals surface area contributed by atoms with E-state index < -0.39 is 78.3 Å². The molecule has 0 spiro atoms. The van der Waals surface area contributed by atoms with Gasteiger partial charge in [-0.2, -0.15) is 0 Å². The Balaban J connectivity index is 0.00000163. The summed E-state index contributed by atoms with van der Waals surface area (Å²) in [5, 5.41) is 25.6. The van der Waals surface area contributed by atoms with E-state index in [0.717, 1.165) is 7.11 Å². The lowest BCUT2D eigenvalue weighted by Gasteiger charge is -2.27. The SMILES string of the molecule is CO.OC1CC(CC(O)C(F)F)N=C(c2c(F)c(F)c(F)c(F)c2F)O1. The zero-order valence-electron chi connectivity index (χ0n) is 13.1. The van der Waals surface area contributed by atoms with Gasteiger partial charge in [-0.15, -0.1) is 0 Å². The lowest BCUT2D eigenvalue weighted by atomic mass is 10.0. The van der Waals surface area contributed by atoms with Gasteiger partial charge >= 0.3 is 0 Å². The molecule has 2 rings (SSSR count). The van der Waals surface area contributed by atoms with Gasteiger partial charge in [-0.05, 0) is 0 Å². The van der Waals surface area contributed by atoms with Gasteiger partial charge in [0.1, 0.15) is 11.7 Å². The summed E-state index contributed by atoms with van der Waals surface area (Å²) < 4.78 is 96.0. The molecule has 0 saturated heterocycles. The van der Waals surface area contributed by atoms with Crippen molar-refractivity contribution >= 4 is 5.90 Å². The molecule has 1 aliphatic heterocycles. The zero-order valence-corrected chi connectivity index (χ0v) is 13.1. The van der Waals surface area contributed by atoms with Crippen molar-refractivity contribution in [2.75, 3.05) is 7.11 Å². The van der Waals surface area contributed by atoms with E-state index in [-0.39, 0.29) is 0 Å². The Morgan fingerprint density at radius 2 is 1.46 bits per heavy atom. The number of alkyl halides is 2. The molecule has 0 saturated carbocycles. The molecular weight excluding hydrogens is 379 g/mol. The minimum Gasteiger partial charge on any atom is -0.448 e. The Hall–Kier alpha value is -1.92. The number of nitrogens with zero attached hydrogens (tertiary/aromatic N) is 1. The van der Waals surface area contributed by atoms with Crippen LogP contribution in [-0.2, 0) is 4.74 Å². The smallest absolute Gasteiger partial charge is 0.264 e. The van der Waals surface area contributed by atoms with Crippen molar-refractivity contribution < 1.29 is 50.8 Å². The van der Waals surface area contributed by atoms with Gasteiger partial charge in [-0.1, -0.05) is 0 Å². The molecule has 0 aromatic heterocycles. The molecule has 0 radical (unpaired) electrons. The summed E-state index contributed by atoms with van der Waals surface area (Å²) in [6, 6.07) is -1.28. The molecule has 3 N–H and O–H groups in total. The van der Waals surface area contributed by atoms with Crippen LogP contribution in [0.2, 0.25) is 0 Å². The van der Waals surface area contributed by atoms with Crippen molar-refractivity contribution in [1.82, 2.24) is 0 Å². The minimum absolute atomic E-state index is 0.414. The highest BCUT2D eigenvalue weighted by molar-refractivity contribution is 5.95. The topological polar surface area (TPSA) is 82.3 Å². The molecule has 0 fully saturated rings. The predicted octanol–water partition coefficient (Wildman–Crippen LogP) is 1.86. The molecule has 0 amide bonds. The van der Waals surface area contributed by atoms with Gasteiger partial charge in [0.15, 0.2) is 23.3 Å². The van der Waals surface area contributed by atoms with Gasteiger partial charge in [-0.25, -0.2) is 35.7 Å². The number of aliphatic hydroxyl groups excluding tert-OH is 3. The largest absolute Gasteiger partial charge is 0.448 e. The Kier molecular flexibility index (Phi) is 7.78. The molecule has 5 nitrogen and oxygen atoms in total. The van der Waals surface area contributed by atoms with Crippen molar-refractivity contribution in [2.24, 2.45) is 4.99 Å². The number of aliphatic imine (C=N–C) groups is 1. The van der Waals surface area contributed by atoms with Crippen LogP contribution in [0.25, 0.3) is 0 Å². The molecule has 1 aromatic rings. The van der Waals surface area contributed by atoms with Crippen LogP contribution < -0.4 is 0 Å². The van der Waals surface area contributed by atoms with E-state index in [1.165, 1.54) is 0 Å². The number of ether oxygens (including phenoxy) is 1. The first-order valence-electron chi connectivity index (χ1n) is 6.98. The van der Waals surface area contributed by atoms with Crippen LogP contribution in [0.1, 0.15) is 18.4 Å². The third-order valence-electron chi connectivity index (χ3n) is 3.25. The number of aliphatic hydroxyl groups is 3. The highest BCUT2D eigenvalue weighted by Crippen LogP contribution is 2.28. The van der Waals surface area contributed by atoms with Gasteiger partial charge in [-0.3, -0.25) is 0 Å². The second-order valence-corrected chi connectivity index (χ2v) is 4.98. The Morgan fingerprint density at radius 1 is 1.00 bits per heavy atom. The summed E-state index contributed by atoms with van der Waals surface area (Å²) in [6.45, 7) is 0. The number of halogens is 7. The van der Waals surface area contributed by atoms with Crippen LogP contribution in [0.4, 0.5) is 30.7 Å². The van der Waals surface area contributed by atoms with E-state index in [4.69, 9.17) is 10.2 Å². The van der Waals surface area contributed by atoms with Gasteiger partial charge in [0.05, 0.1) is 6.04 Å². The first kappa shape index (κ1) is 22.1. The van der Waals surface area contributed by atoms with Crippen molar-refractivity contribution in [3.05, 3.63) is 34.6 Å². The molecule has 3 unspecified atom stereocenters. The van der Waals surface area contributed by atoms with Crippen LogP contribution in [0.15, 0.2) is 4.99 Å². The lowest BCUT2D eigenvalue weighted by Crippen LogP contribution is -2.34. The maximum atomic E-state index is 13.7. The monoisotopic (exact) mass is 393 g/mol. The molecule has 3 atom stereocenters. The minimum atomic E-state index is -3.14. The van der Waals surface area contributed by atoms with E-state index in [2.05, 4.69) is 9.73 Å². The molecule has 26 heavy (non-hydrogen) atoms. The van der Waals surface area contributed by atoms with Crippen LogP contribution in [0.3, 0.4) is 0 Å². The summed E-state index contributed by atoms with van der Waals surface area (Å²) in [5.41, 5.74) is -1.53. The average Bonchev–Trinajstić information content (AvgIpc) is 2.59. The van der Waals surface area contributed by atoms with E-state index in [1.807, 2.05) is 0 Å². The second kappa shape index (κ2) is 9.14. The van der Waals surface area contributed by atoms with Crippen molar-refractivity contribution in [3.63, 3.8) is 0 Å². The highest BCUT2D eigenvalue weighted by atomic mass is 19.3. The molecule has 0 aliphatic carbocycles. The Labute approximate surface area is 142 Å². The standard InChI is InChI=1S/C13H10F7NO3.CH4O/c14-7-6(8(15)10(17)11(18)9(7)16)13-21-3(2-5(23)24-13)1-4(22)12(19)20;1-2/h3-5,12,22-23H,1-2H2;2H,1H3. The summed E-state index contributed by atoms with van der Waals surface area (Å²) >= 11 is 0. The fraction of sp³-hybridized carbons (Fsp3) is 0.500. The van der Waals surface area contributed by atoms with Crippen molar-refractivity contribution in [3.8, 4) is 0 Å². The number of benzene rings is 1. The first-order chi connectivity index (χ1) is 12.1. The number of hydrogen-bond acceptors (Lipinski definition) is 5. The van der Waals surface area contributed by atoms with Crippen molar-refractivity contribution in [2.45, 2.75) is 37.7 Å². The quantitative estimate of drug-likeness (QED) is 0.414. The summed E-state index contributed by atoms with van der Waals surface area (Å²) in [5.74, 6) is -12.5. The van der Waals surface area contributed by atoms with E-state index >= 15 is 0 Å². The van der Waals surface area contributed by atoms with E-state index in [0.29, 0.717) is 0 Å². The third-order valence-corrected chi connectivity index (χ3v) is 3.25. The fourth-order valence-electron chi connectivity index (χ4n) is 2.11. The molecule has 1 heterocycles. The normalized spacial score (nSPS) is 20.8. The van der Waals surface area contributed by atoms with Gasteiger partial charge in [0.25, 0.3) is 6.43 Å². The molecule has 12 heteroatoms. The van der Waals surface area contributed by atoms with E-state index in [1.54, 1.807) is 0 Å². The molecular formula is C14H14F7NO4. The predicted molar refractivity (Wildman–Crippen MR) is 73.0 cm³/mol. The van der Waals surface area contributed by atoms with Gasteiger partial charge in [0.2, 0.25) is 18.0 Å². The van der Waals surface area contributed by atoms with Crippen LogP contribution in [0, 0.1) is 29.1 Å². The maximum absolute atomic E-state index is 13.7. The molecule has 148 valence electrons. The maximum Gasteiger partial charge on any atom is 0.264 e. The molecule has 1 aliphatic rings. The van der Waals surface area contributed by atoms with Crippen LogP contribution >= 0.6 is 0 Å². The number of rotatable bonds is 4. The van der Waals surface area contributed by atoms with Crippen molar-refractivity contribution in [1.29, 1.82) is 0 Å². The zero-order chi connectivity index (χ0) is 20.2. The first-order valence-corrected chi connectivity index (χ1v) is 6.98. The second-order valence-electron chi connectivity index (χ2n) is 4.98. The summed E-state index contributed by atoms with van der Waals surface area (Å²) in [7, 11) is 1.00. The van der Waals surface area contributed by atoms with Gasteiger partial charge in [0, 0.05) is 20.0 Å².